The standard InChI is InChI=1S/C21H30BrNO/c22-21-9-14-2-15(10-21)8-20(7-14,11-21)19(24)23-18-16-3-12-1-13(5-16)6-17(18)4-12/h12-18H,1-11H2,(H,23,24)/t12?,13?,14-,15-,16?,17?,18?,20?,21?/m0/s1. The van der Waals surface area contributed by atoms with Gasteiger partial charge >= 0.3 is 0 Å². The van der Waals surface area contributed by atoms with E-state index in [9.17, 15) is 4.79 Å². The van der Waals surface area contributed by atoms with Crippen molar-refractivity contribution in [2.75, 3.05) is 0 Å². The first kappa shape index (κ1) is 15.1. The molecule has 0 spiro atoms. The molecule has 8 rings (SSSR count). The summed E-state index contributed by atoms with van der Waals surface area (Å²) >= 11 is 4.07. The Bertz CT molecular complexity index is 544. The van der Waals surface area contributed by atoms with Crippen molar-refractivity contribution in [1.82, 2.24) is 5.32 Å². The lowest BCUT2D eigenvalue weighted by molar-refractivity contribution is -0.147. The fraction of sp³-hybridized carbons (Fsp3) is 0.952. The minimum absolute atomic E-state index is 0.0255. The highest BCUT2D eigenvalue weighted by molar-refractivity contribution is 9.10. The quantitative estimate of drug-likeness (QED) is 0.681. The van der Waals surface area contributed by atoms with E-state index in [0.717, 1.165) is 41.9 Å². The molecule has 132 valence electrons. The van der Waals surface area contributed by atoms with Gasteiger partial charge in [-0.25, -0.2) is 0 Å². The third kappa shape index (κ3) is 2.09. The van der Waals surface area contributed by atoms with Crippen molar-refractivity contribution in [2.24, 2.45) is 40.9 Å². The molecule has 8 aliphatic rings. The second-order valence-corrected chi connectivity index (χ2v) is 12.5. The largest absolute Gasteiger partial charge is 0.352 e. The summed E-state index contributed by atoms with van der Waals surface area (Å²) in [5, 5.41) is 3.68. The lowest BCUT2D eigenvalue weighted by Crippen LogP contribution is -2.62. The minimum Gasteiger partial charge on any atom is -0.352 e. The van der Waals surface area contributed by atoms with Crippen LogP contribution in [0, 0.1) is 40.9 Å². The highest BCUT2D eigenvalue weighted by atomic mass is 79.9. The predicted octanol–water partition coefficient (Wildman–Crippen LogP) is 4.66. The predicted molar refractivity (Wildman–Crippen MR) is 97.7 cm³/mol. The Kier molecular flexibility index (Phi) is 3.02. The van der Waals surface area contributed by atoms with Crippen molar-refractivity contribution in [2.45, 2.75) is 81.0 Å². The van der Waals surface area contributed by atoms with E-state index in [1.807, 2.05) is 0 Å². The third-order valence-electron chi connectivity index (χ3n) is 9.00. The van der Waals surface area contributed by atoms with Crippen LogP contribution >= 0.6 is 15.9 Å². The molecule has 0 aromatic heterocycles. The Labute approximate surface area is 154 Å². The number of carbonyl (C=O) groups excluding carboxylic acids is 1. The molecule has 0 aromatic carbocycles. The topological polar surface area (TPSA) is 29.1 Å². The normalized spacial score (nSPS) is 59.8. The van der Waals surface area contributed by atoms with Crippen LogP contribution in [0.4, 0.5) is 0 Å². The van der Waals surface area contributed by atoms with Gasteiger partial charge in [0.2, 0.25) is 5.91 Å². The Morgan fingerprint density at radius 3 is 1.88 bits per heavy atom. The summed E-state index contributed by atoms with van der Waals surface area (Å²) in [5.74, 6) is 5.65. The smallest absolute Gasteiger partial charge is 0.226 e. The van der Waals surface area contributed by atoms with E-state index in [2.05, 4.69) is 21.2 Å². The Morgan fingerprint density at radius 2 is 1.33 bits per heavy atom. The molecule has 0 radical (unpaired) electrons. The molecule has 0 saturated heterocycles. The van der Waals surface area contributed by atoms with Crippen LogP contribution in [-0.2, 0) is 4.79 Å². The van der Waals surface area contributed by atoms with Gasteiger partial charge in [0, 0.05) is 10.4 Å². The zero-order chi connectivity index (χ0) is 16.1. The number of halogens is 1. The number of alkyl halides is 1. The van der Waals surface area contributed by atoms with Gasteiger partial charge in [0.1, 0.15) is 0 Å². The number of nitrogens with one attached hydrogen (secondary N) is 1. The van der Waals surface area contributed by atoms with Crippen molar-refractivity contribution < 1.29 is 4.79 Å². The Hall–Kier alpha value is -0.0500. The average Bonchev–Trinajstić information content (AvgIpc) is 2.47. The molecule has 1 amide bonds. The van der Waals surface area contributed by atoms with E-state index in [4.69, 9.17) is 0 Å². The maximum absolute atomic E-state index is 13.5. The van der Waals surface area contributed by atoms with Crippen molar-refractivity contribution in [3.63, 3.8) is 0 Å². The van der Waals surface area contributed by atoms with E-state index in [1.54, 1.807) is 0 Å². The summed E-state index contributed by atoms with van der Waals surface area (Å²) in [4.78, 5) is 13.5. The van der Waals surface area contributed by atoms with E-state index >= 15 is 0 Å². The first-order chi connectivity index (χ1) is 11.5. The number of hydrogen-bond donors (Lipinski definition) is 1. The molecular formula is C21H30BrNO. The maximum Gasteiger partial charge on any atom is 0.226 e. The van der Waals surface area contributed by atoms with E-state index in [-0.39, 0.29) is 5.41 Å². The van der Waals surface area contributed by atoms with Crippen LogP contribution in [0.1, 0.15) is 70.6 Å². The van der Waals surface area contributed by atoms with Crippen molar-refractivity contribution >= 4 is 21.8 Å². The van der Waals surface area contributed by atoms with Gasteiger partial charge in [-0.3, -0.25) is 4.79 Å². The molecule has 1 N–H and O–H groups in total. The van der Waals surface area contributed by atoms with Gasteiger partial charge in [-0.05, 0) is 106 Å². The van der Waals surface area contributed by atoms with Crippen LogP contribution in [-0.4, -0.2) is 16.3 Å². The number of hydrogen-bond acceptors (Lipinski definition) is 1. The van der Waals surface area contributed by atoms with Crippen LogP contribution in [0.25, 0.3) is 0 Å². The lowest BCUT2D eigenvalue weighted by atomic mass is 9.49. The fourth-order valence-corrected chi connectivity index (χ4v) is 10.3. The zero-order valence-corrected chi connectivity index (χ0v) is 16.2. The fourth-order valence-electron chi connectivity index (χ4n) is 8.88. The minimum atomic E-state index is -0.0255. The number of amides is 1. The van der Waals surface area contributed by atoms with Gasteiger partial charge in [-0.15, -0.1) is 0 Å². The SMILES string of the molecule is O=C(NC1C2CC3CC(C2)CC1C3)C12C[C@@H]3C[C@H](CC(Br)(C3)C1)C2. The molecule has 0 heterocycles. The van der Waals surface area contributed by atoms with Gasteiger partial charge < -0.3 is 5.32 Å². The monoisotopic (exact) mass is 391 g/mol. The second-order valence-electron chi connectivity index (χ2n) is 10.8. The summed E-state index contributed by atoms with van der Waals surface area (Å²) in [6, 6.07) is 0.518. The molecule has 0 unspecified atom stereocenters. The molecule has 3 heteroatoms. The molecule has 2 nitrogen and oxygen atoms in total. The molecule has 0 aromatic rings. The molecular weight excluding hydrogens is 362 g/mol. The zero-order valence-electron chi connectivity index (χ0n) is 14.6. The van der Waals surface area contributed by atoms with Crippen LogP contribution < -0.4 is 5.32 Å². The molecule has 2 atom stereocenters. The van der Waals surface area contributed by atoms with Crippen LogP contribution in [0.15, 0.2) is 0 Å². The molecule has 8 saturated carbocycles. The Balaban J connectivity index is 1.24. The van der Waals surface area contributed by atoms with E-state index < -0.39 is 0 Å². The van der Waals surface area contributed by atoms with Gasteiger partial charge in [-0.1, -0.05) is 15.9 Å². The van der Waals surface area contributed by atoms with Crippen LogP contribution in [0.2, 0.25) is 0 Å². The third-order valence-corrected chi connectivity index (χ3v) is 9.92. The lowest BCUT2D eigenvalue weighted by Gasteiger charge is -2.60. The maximum atomic E-state index is 13.5. The van der Waals surface area contributed by atoms with Gasteiger partial charge in [-0.2, -0.15) is 0 Å². The van der Waals surface area contributed by atoms with Gasteiger partial charge in [0.25, 0.3) is 0 Å². The molecule has 8 fully saturated rings. The summed E-state index contributed by atoms with van der Waals surface area (Å²) in [6.45, 7) is 0. The molecule has 8 aliphatic carbocycles. The van der Waals surface area contributed by atoms with Crippen molar-refractivity contribution in [1.29, 1.82) is 0 Å². The number of rotatable bonds is 2. The second kappa shape index (κ2) is 4.81. The average molecular weight is 392 g/mol. The van der Waals surface area contributed by atoms with Crippen molar-refractivity contribution in [3.05, 3.63) is 0 Å². The molecule has 8 bridgehead atoms. The van der Waals surface area contributed by atoms with E-state index in [0.29, 0.717) is 16.3 Å². The Morgan fingerprint density at radius 1 is 0.792 bits per heavy atom. The number of carbonyl (C=O) groups is 1. The first-order valence-electron chi connectivity index (χ1n) is 10.5. The highest BCUT2D eigenvalue weighted by Gasteiger charge is 2.60. The summed E-state index contributed by atoms with van der Waals surface area (Å²) in [6.07, 6.45) is 14.6. The van der Waals surface area contributed by atoms with Crippen LogP contribution in [0.5, 0.6) is 0 Å². The van der Waals surface area contributed by atoms with E-state index in [1.165, 1.54) is 64.2 Å². The van der Waals surface area contributed by atoms with Crippen LogP contribution in [0.3, 0.4) is 0 Å². The summed E-state index contributed by atoms with van der Waals surface area (Å²) < 4.78 is 0.290. The molecule has 0 aliphatic heterocycles. The van der Waals surface area contributed by atoms with Crippen molar-refractivity contribution in [3.8, 4) is 0 Å². The summed E-state index contributed by atoms with van der Waals surface area (Å²) in [5.41, 5.74) is -0.0255. The first-order valence-corrected chi connectivity index (χ1v) is 11.3. The summed E-state index contributed by atoms with van der Waals surface area (Å²) in [7, 11) is 0. The highest BCUT2D eigenvalue weighted by Crippen LogP contribution is 2.64. The van der Waals surface area contributed by atoms with Gasteiger partial charge in [0.15, 0.2) is 0 Å². The molecule has 24 heavy (non-hydrogen) atoms. The van der Waals surface area contributed by atoms with Gasteiger partial charge in [0.05, 0.1) is 5.41 Å².